The first kappa shape index (κ1) is 12.0. The molecule has 19 heavy (non-hydrogen) atoms. The van der Waals surface area contributed by atoms with E-state index in [9.17, 15) is 4.79 Å². The van der Waals surface area contributed by atoms with Gasteiger partial charge >= 0.3 is 0 Å². The van der Waals surface area contributed by atoms with Crippen LogP contribution < -0.4 is 16.2 Å². The van der Waals surface area contributed by atoms with Gasteiger partial charge in [-0.15, -0.1) is 0 Å². The van der Waals surface area contributed by atoms with Gasteiger partial charge in [0.05, 0.1) is 12.4 Å². The number of carbonyl (C=O) groups excluding carboxylic acids is 1. The third-order valence-electron chi connectivity index (χ3n) is 3.16. The molecule has 0 bridgehead atoms. The van der Waals surface area contributed by atoms with Gasteiger partial charge in [-0.25, -0.2) is 10.9 Å². The molecule has 0 aliphatic carbocycles. The van der Waals surface area contributed by atoms with E-state index >= 15 is 0 Å². The van der Waals surface area contributed by atoms with E-state index in [1.165, 1.54) is 11.8 Å². The van der Waals surface area contributed by atoms with E-state index in [4.69, 9.17) is 4.42 Å². The number of amides is 1. The minimum atomic E-state index is -0.210. The molecular formula is C14H15N3O2. The molecule has 1 amide bonds. The van der Waals surface area contributed by atoms with Crippen molar-refractivity contribution in [1.29, 1.82) is 0 Å². The number of rotatable bonds is 3. The first-order chi connectivity index (χ1) is 9.33. The van der Waals surface area contributed by atoms with Gasteiger partial charge in [0.2, 0.25) is 0 Å². The fourth-order valence-electron chi connectivity index (χ4n) is 2.19. The standard InChI is InChI=1S/C14H15N3O2/c18-14(12-7-4-8-19-12)15-13-9-11(16-17-13)10-5-2-1-3-6-10/h1-8,11,13,16-17H,9H2,(H,15,18). The van der Waals surface area contributed by atoms with Crippen molar-refractivity contribution in [2.75, 3.05) is 0 Å². The summed E-state index contributed by atoms with van der Waals surface area (Å²) in [6, 6.07) is 13.7. The fraction of sp³-hybridized carbons (Fsp3) is 0.214. The molecule has 1 aliphatic rings. The van der Waals surface area contributed by atoms with Gasteiger partial charge in [0.1, 0.15) is 0 Å². The van der Waals surface area contributed by atoms with Crippen molar-refractivity contribution >= 4 is 5.91 Å². The van der Waals surface area contributed by atoms with E-state index in [-0.39, 0.29) is 18.1 Å². The molecule has 3 N–H and O–H groups in total. The molecule has 1 aliphatic heterocycles. The van der Waals surface area contributed by atoms with E-state index in [1.807, 2.05) is 18.2 Å². The third-order valence-corrected chi connectivity index (χ3v) is 3.16. The normalized spacial score (nSPS) is 22.3. The summed E-state index contributed by atoms with van der Waals surface area (Å²) < 4.78 is 5.06. The van der Waals surface area contributed by atoms with Crippen molar-refractivity contribution in [3.05, 3.63) is 60.1 Å². The molecular weight excluding hydrogens is 242 g/mol. The van der Waals surface area contributed by atoms with Gasteiger partial charge in [-0.05, 0) is 17.7 Å². The number of furan rings is 1. The van der Waals surface area contributed by atoms with Crippen molar-refractivity contribution in [3.63, 3.8) is 0 Å². The molecule has 98 valence electrons. The average molecular weight is 257 g/mol. The van der Waals surface area contributed by atoms with Crippen LogP contribution in [0, 0.1) is 0 Å². The Bertz CT molecular complexity index is 539. The summed E-state index contributed by atoms with van der Waals surface area (Å²) in [4.78, 5) is 11.8. The maximum Gasteiger partial charge on any atom is 0.288 e. The molecule has 0 spiro atoms. The Kier molecular flexibility index (Phi) is 3.31. The Morgan fingerprint density at radius 3 is 2.74 bits per heavy atom. The molecule has 0 saturated carbocycles. The highest BCUT2D eigenvalue weighted by molar-refractivity contribution is 5.91. The van der Waals surface area contributed by atoms with E-state index in [0.717, 1.165) is 6.42 Å². The van der Waals surface area contributed by atoms with Crippen molar-refractivity contribution in [3.8, 4) is 0 Å². The van der Waals surface area contributed by atoms with Crippen LogP contribution in [0.1, 0.15) is 28.6 Å². The smallest absolute Gasteiger partial charge is 0.288 e. The molecule has 2 atom stereocenters. The summed E-state index contributed by atoms with van der Waals surface area (Å²) in [5, 5.41) is 2.87. The lowest BCUT2D eigenvalue weighted by molar-refractivity contribution is 0.0904. The Morgan fingerprint density at radius 2 is 2.00 bits per heavy atom. The van der Waals surface area contributed by atoms with Crippen LogP contribution in [0.15, 0.2) is 53.1 Å². The van der Waals surface area contributed by atoms with Crippen LogP contribution in [-0.4, -0.2) is 12.1 Å². The van der Waals surface area contributed by atoms with Crippen LogP contribution in [0.4, 0.5) is 0 Å². The molecule has 5 nitrogen and oxygen atoms in total. The minimum absolute atomic E-state index is 0.109. The monoisotopic (exact) mass is 257 g/mol. The molecule has 1 aromatic heterocycles. The van der Waals surface area contributed by atoms with Crippen LogP contribution in [0.3, 0.4) is 0 Å². The zero-order valence-corrected chi connectivity index (χ0v) is 10.3. The molecule has 2 unspecified atom stereocenters. The number of hydrogen-bond donors (Lipinski definition) is 3. The third kappa shape index (κ3) is 2.67. The summed E-state index contributed by atoms with van der Waals surface area (Å²) in [7, 11) is 0. The highest BCUT2D eigenvalue weighted by Gasteiger charge is 2.26. The highest BCUT2D eigenvalue weighted by atomic mass is 16.3. The Hall–Kier alpha value is -2.11. The summed E-state index contributed by atoms with van der Waals surface area (Å²) >= 11 is 0. The van der Waals surface area contributed by atoms with Gasteiger partial charge in [-0.3, -0.25) is 4.79 Å². The van der Waals surface area contributed by atoms with Crippen LogP contribution >= 0.6 is 0 Å². The van der Waals surface area contributed by atoms with Gasteiger partial charge in [0.15, 0.2) is 5.76 Å². The second-order valence-corrected chi connectivity index (χ2v) is 4.49. The van der Waals surface area contributed by atoms with Crippen LogP contribution in [-0.2, 0) is 0 Å². The number of benzene rings is 1. The Balaban J connectivity index is 1.59. The van der Waals surface area contributed by atoms with Crippen molar-refractivity contribution in [2.24, 2.45) is 0 Å². The van der Waals surface area contributed by atoms with Crippen LogP contribution in [0.2, 0.25) is 0 Å². The van der Waals surface area contributed by atoms with E-state index < -0.39 is 0 Å². The van der Waals surface area contributed by atoms with Crippen molar-refractivity contribution < 1.29 is 9.21 Å². The molecule has 1 saturated heterocycles. The summed E-state index contributed by atoms with van der Waals surface area (Å²) in [6.45, 7) is 0. The summed E-state index contributed by atoms with van der Waals surface area (Å²) in [5.41, 5.74) is 7.45. The van der Waals surface area contributed by atoms with Gasteiger partial charge in [0, 0.05) is 12.5 Å². The second kappa shape index (κ2) is 5.26. The minimum Gasteiger partial charge on any atom is -0.459 e. The van der Waals surface area contributed by atoms with Gasteiger partial charge in [-0.2, -0.15) is 0 Å². The number of hydrazine groups is 1. The largest absolute Gasteiger partial charge is 0.459 e. The average Bonchev–Trinajstić information content (AvgIpc) is 3.11. The van der Waals surface area contributed by atoms with E-state index in [1.54, 1.807) is 12.1 Å². The fourth-order valence-corrected chi connectivity index (χ4v) is 2.19. The zero-order valence-electron chi connectivity index (χ0n) is 10.3. The number of nitrogens with one attached hydrogen (secondary N) is 3. The van der Waals surface area contributed by atoms with Crippen molar-refractivity contribution in [1.82, 2.24) is 16.2 Å². The number of hydrogen-bond acceptors (Lipinski definition) is 4. The van der Waals surface area contributed by atoms with Crippen LogP contribution in [0.25, 0.3) is 0 Å². The first-order valence-electron chi connectivity index (χ1n) is 6.23. The summed E-state index contributed by atoms with van der Waals surface area (Å²) in [5.74, 6) is 0.114. The molecule has 1 fully saturated rings. The molecule has 2 aromatic rings. The molecule has 0 radical (unpaired) electrons. The molecule has 1 aromatic carbocycles. The number of carbonyl (C=O) groups is 1. The van der Waals surface area contributed by atoms with Gasteiger partial charge in [-0.1, -0.05) is 30.3 Å². The highest BCUT2D eigenvalue weighted by Crippen LogP contribution is 2.20. The second-order valence-electron chi connectivity index (χ2n) is 4.49. The molecule has 5 heteroatoms. The maximum absolute atomic E-state index is 11.8. The zero-order chi connectivity index (χ0) is 13.1. The van der Waals surface area contributed by atoms with Gasteiger partial charge in [0.25, 0.3) is 5.91 Å². The van der Waals surface area contributed by atoms with E-state index in [0.29, 0.717) is 5.76 Å². The molecule has 3 rings (SSSR count). The summed E-state index contributed by atoms with van der Waals surface area (Å²) in [6.07, 6.45) is 2.17. The SMILES string of the molecule is O=C(NC1CC(c2ccccc2)NN1)c1ccco1. The van der Waals surface area contributed by atoms with E-state index in [2.05, 4.69) is 28.3 Å². The topological polar surface area (TPSA) is 66.3 Å². The lowest BCUT2D eigenvalue weighted by Crippen LogP contribution is -2.44. The van der Waals surface area contributed by atoms with Crippen molar-refractivity contribution in [2.45, 2.75) is 18.6 Å². The Labute approximate surface area is 111 Å². The predicted molar refractivity (Wildman–Crippen MR) is 70.0 cm³/mol. The maximum atomic E-state index is 11.8. The molecule has 2 heterocycles. The van der Waals surface area contributed by atoms with Crippen LogP contribution in [0.5, 0.6) is 0 Å². The van der Waals surface area contributed by atoms with Gasteiger partial charge < -0.3 is 9.73 Å². The Morgan fingerprint density at radius 1 is 1.16 bits per heavy atom. The quantitative estimate of drug-likeness (QED) is 0.781. The first-order valence-corrected chi connectivity index (χ1v) is 6.23. The predicted octanol–water partition coefficient (Wildman–Crippen LogP) is 1.57. The lowest BCUT2D eigenvalue weighted by atomic mass is 10.0. The lowest BCUT2D eigenvalue weighted by Gasteiger charge is -2.10.